The number of hydrogen-bond acceptors (Lipinski definition) is 5. The van der Waals surface area contributed by atoms with Crippen LogP contribution in [0.3, 0.4) is 0 Å². The zero-order valence-corrected chi connectivity index (χ0v) is 13.6. The minimum Gasteiger partial charge on any atom is -0.506 e. The van der Waals surface area contributed by atoms with E-state index >= 15 is 0 Å². The Kier molecular flexibility index (Phi) is 4.70. The second kappa shape index (κ2) is 7.09. The standard InChI is InChI=1S/C19H17NO5/c1-12(16-7-4-10-24-16)20-17(21)11-25-19(23)15-9-8-13-5-2-3-6-14(13)18(15)22/h2-10,12,22H,11H2,1H3,(H,20,21)/t12-/m0/s1. The summed E-state index contributed by atoms with van der Waals surface area (Å²) in [7, 11) is 0. The predicted octanol–water partition coefficient (Wildman–Crippen LogP) is 3.17. The first-order valence-corrected chi connectivity index (χ1v) is 7.77. The van der Waals surface area contributed by atoms with Crippen molar-refractivity contribution >= 4 is 22.6 Å². The number of phenolic OH excluding ortho intramolecular Hbond substituents is 1. The fourth-order valence-corrected chi connectivity index (χ4v) is 2.52. The SMILES string of the molecule is C[C@H](NC(=O)COC(=O)c1ccc2ccccc2c1O)c1ccco1. The van der Waals surface area contributed by atoms with Crippen LogP contribution in [0.4, 0.5) is 0 Å². The van der Waals surface area contributed by atoms with Crippen molar-refractivity contribution in [2.24, 2.45) is 0 Å². The Morgan fingerprint density at radius 3 is 2.72 bits per heavy atom. The zero-order chi connectivity index (χ0) is 17.8. The number of fused-ring (bicyclic) bond motifs is 1. The van der Waals surface area contributed by atoms with Gasteiger partial charge in [-0.3, -0.25) is 4.79 Å². The number of hydrogen-bond donors (Lipinski definition) is 2. The van der Waals surface area contributed by atoms with Gasteiger partial charge in [-0.25, -0.2) is 4.79 Å². The number of amides is 1. The quantitative estimate of drug-likeness (QED) is 0.697. The molecule has 0 bridgehead atoms. The van der Waals surface area contributed by atoms with E-state index in [1.165, 1.54) is 12.3 Å². The lowest BCUT2D eigenvalue weighted by molar-refractivity contribution is -0.125. The van der Waals surface area contributed by atoms with Gasteiger partial charge in [-0.15, -0.1) is 0 Å². The number of rotatable bonds is 5. The molecule has 25 heavy (non-hydrogen) atoms. The Morgan fingerprint density at radius 2 is 1.96 bits per heavy atom. The average molecular weight is 339 g/mol. The number of furan rings is 1. The average Bonchev–Trinajstić information content (AvgIpc) is 3.15. The number of nitrogens with one attached hydrogen (secondary N) is 1. The summed E-state index contributed by atoms with van der Waals surface area (Å²) < 4.78 is 10.2. The van der Waals surface area contributed by atoms with E-state index in [9.17, 15) is 14.7 Å². The van der Waals surface area contributed by atoms with Crippen LogP contribution in [0.5, 0.6) is 5.75 Å². The van der Waals surface area contributed by atoms with Crippen molar-refractivity contribution in [3.63, 3.8) is 0 Å². The van der Waals surface area contributed by atoms with Crippen LogP contribution in [-0.4, -0.2) is 23.6 Å². The highest BCUT2D eigenvalue weighted by atomic mass is 16.5. The third-order valence-electron chi connectivity index (χ3n) is 3.80. The molecule has 0 radical (unpaired) electrons. The van der Waals surface area contributed by atoms with E-state index in [1.54, 1.807) is 37.3 Å². The van der Waals surface area contributed by atoms with Gasteiger partial charge in [0, 0.05) is 5.39 Å². The maximum Gasteiger partial charge on any atom is 0.342 e. The van der Waals surface area contributed by atoms with Crippen molar-refractivity contribution in [1.82, 2.24) is 5.32 Å². The van der Waals surface area contributed by atoms with Crippen molar-refractivity contribution in [3.8, 4) is 5.75 Å². The minimum absolute atomic E-state index is 0.0191. The molecule has 1 atom stereocenters. The Balaban J connectivity index is 1.63. The largest absolute Gasteiger partial charge is 0.506 e. The van der Waals surface area contributed by atoms with Gasteiger partial charge >= 0.3 is 5.97 Å². The maximum absolute atomic E-state index is 12.1. The Morgan fingerprint density at radius 1 is 1.16 bits per heavy atom. The lowest BCUT2D eigenvalue weighted by Gasteiger charge is -2.12. The molecule has 0 fully saturated rings. The van der Waals surface area contributed by atoms with Crippen molar-refractivity contribution in [2.45, 2.75) is 13.0 Å². The molecule has 128 valence electrons. The van der Waals surface area contributed by atoms with Gasteiger partial charge in [-0.05, 0) is 30.5 Å². The first kappa shape index (κ1) is 16.6. The van der Waals surface area contributed by atoms with Crippen molar-refractivity contribution in [3.05, 3.63) is 66.1 Å². The van der Waals surface area contributed by atoms with Crippen molar-refractivity contribution < 1.29 is 23.8 Å². The van der Waals surface area contributed by atoms with Gasteiger partial charge in [0.15, 0.2) is 6.61 Å². The van der Waals surface area contributed by atoms with E-state index in [0.717, 1.165) is 5.39 Å². The lowest BCUT2D eigenvalue weighted by atomic mass is 10.1. The predicted molar refractivity (Wildman–Crippen MR) is 91.2 cm³/mol. The van der Waals surface area contributed by atoms with Crippen LogP contribution >= 0.6 is 0 Å². The summed E-state index contributed by atoms with van der Waals surface area (Å²) in [6.45, 7) is 1.31. The number of esters is 1. The van der Waals surface area contributed by atoms with Crippen LogP contribution < -0.4 is 5.32 Å². The molecule has 2 aromatic carbocycles. The topological polar surface area (TPSA) is 88.8 Å². The van der Waals surface area contributed by atoms with Crippen LogP contribution in [0, 0.1) is 0 Å². The van der Waals surface area contributed by atoms with Gasteiger partial charge in [0.25, 0.3) is 5.91 Å². The smallest absolute Gasteiger partial charge is 0.342 e. The molecule has 0 saturated heterocycles. The summed E-state index contributed by atoms with van der Waals surface area (Å²) >= 11 is 0. The van der Waals surface area contributed by atoms with E-state index in [0.29, 0.717) is 11.1 Å². The molecule has 0 aliphatic heterocycles. The first-order chi connectivity index (χ1) is 12.1. The minimum atomic E-state index is -0.760. The van der Waals surface area contributed by atoms with Crippen LogP contribution in [0.1, 0.15) is 29.1 Å². The number of ether oxygens (including phenoxy) is 1. The van der Waals surface area contributed by atoms with E-state index in [1.807, 2.05) is 12.1 Å². The summed E-state index contributed by atoms with van der Waals surface area (Å²) in [4.78, 5) is 24.0. The molecule has 3 rings (SSSR count). The molecule has 3 aromatic rings. The van der Waals surface area contributed by atoms with Crippen LogP contribution in [0.2, 0.25) is 0 Å². The summed E-state index contributed by atoms with van der Waals surface area (Å²) in [5.41, 5.74) is 0.0191. The highest BCUT2D eigenvalue weighted by Crippen LogP contribution is 2.28. The Labute approximate surface area is 144 Å². The zero-order valence-electron chi connectivity index (χ0n) is 13.6. The molecule has 0 saturated carbocycles. The molecule has 1 amide bonds. The fourth-order valence-electron chi connectivity index (χ4n) is 2.52. The number of aromatic hydroxyl groups is 1. The lowest BCUT2D eigenvalue weighted by Crippen LogP contribution is -2.31. The molecular weight excluding hydrogens is 322 g/mol. The molecule has 0 aliphatic rings. The molecule has 6 heteroatoms. The summed E-state index contributed by atoms with van der Waals surface area (Å²) in [6, 6.07) is 13.5. The van der Waals surface area contributed by atoms with Gasteiger partial charge in [0.2, 0.25) is 0 Å². The maximum atomic E-state index is 12.1. The highest BCUT2D eigenvalue weighted by molar-refractivity contribution is 6.01. The third-order valence-corrected chi connectivity index (χ3v) is 3.80. The molecule has 2 N–H and O–H groups in total. The van der Waals surface area contributed by atoms with Gasteiger partial charge < -0.3 is 19.6 Å². The molecule has 1 heterocycles. The monoisotopic (exact) mass is 339 g/mol. The number of phenols is 1. The van der Waals surface area contributed by atoms with Gasteiger partial charge in [-0.2, -0.15) is 0 Å². The Hall–Kier alpha value is -3.28. The van der Waals surface area contributed by atoms with Gasteiger partial charge in [-0.1, -0.05) is 30.3 Å². The van der Waals surface area contributed by atoms with Crippen molar-refractivity contribution in [2.75, 3.05) is 6.61 Å². The number of benzene rings is 2. The summed E-state index contributed by atoms with van der Waals surface area (Å²) in [5.74, 6) is -0.777. The molecule has 1 aromatic heterocycles. The van der Waals surface area contributed by atoms with E-state index in [2.05, 4.69) is 5.32 Å². The molecule has 0 spiro atoms. The molecular formula is C19H17NO5. The van der Waals surface area contributed by atoms with Crippen LogP contribution in [0.25, 0.3) is 10.8 Å². The Bertz CT molecular complexity index is 901. The molecule has 6 nitrogen and oxygen atoms in total. The summed E-state index contributed by atoms with van der Waals surface area (Å²) in [6.07, 6.45) is 1.51. The van der Waals surface area contributed by atoms with E-state index < -0.39 is 18.5 Å². The molecule has 0 aliphatic carbocycles. The normalized spacial score (nSPS) is 11.9. The van der Waals surface area contributed by atoms with Gasteiger partial charge in [0.1, 0.15) is 17.1 Å². The highest BCUT2D eigenvalue weighted by Gasteiger charge is 2.18. The molecule has 0 unspecified atom stereocenters. The van der Waals surface area contributed by atoms with Gasteiger partial charge in [0.05, 0.1) is 12.3 Å². The van der Waals surface area contributed by atoms with E-state index in [4.69, 9.17) is 9.15 Å². The van der Waals surface area contributed by atoms with E-state index in [-0.39, 0.29) is 17.4 Å². The second-order valence-corrected chi connectivity index (χ2v) is 5.56. The third kappa shape index (κ3) is 3.63. The summed E-state index contributed by atoms with van der Waals surface area (Å²) in [5, 5.41) is 14.3. The number of carbonyl (C=O) groups is 2. The van der Waals surface area contributed by atoms with Crippen LogP contribution in [0.15, 0.2) is 59.2 Å². The van der Waals surface area contributed by atoms with Crippen LogP contribution in [-0.2, 0) is 9.53 Å². The first-order valence-electron chi connectivity index (χ1n) is 7.77. The fraction of sp³-hybridized carbons (Fsp3) is 0.158. The second-order valence-electron chi connectivity index (χ2n) is 5.56. The number of carbonyl (C=O) groups excluding carboxylic acids is 2. The van der Waals surface area contributed by atoms with Crippen molar-refractivity contribution in [1.29, 1.82) is 0 Å².